The third kappa shape index (κ3) is 4.30. The van der Waals surface area contributed by atoms with Crippen LogP contribution < -0.4 is 10.1 Å². The van der Waals surface area contributed by atoms with Crippen molar-refractivity contribution in [2.45, 2.75) is 11.4 Å². The molecule has 1 N–H and O–H groups in total. The van der Waals surface area contributed by atoms with Gasteiger partial charge in [-0.25, -0.2) is 8.42 Å². The van der Waals surface area contributed by atoms with Crippen molar-refractivity contribution < 1.29 is 13.2 Å². The zero-order valence-electron chi connectivity index (χ0n) is 11.8. The molecule has 0 amide bonds. The fourth-order valence-corrected chi connectivity index (χ4v) is 2.96. The lowest BCUT2D eigenvalue weighted by atomic mass is 10.2. The van der Waals surface area contributed by atoms with Crippen molar-refractivity contribution in [1.82, 2.24) is 5.32 Å². The van der Waals surface area contributed by atoms with Crippen molar-refractivity contribution in [3.05, 3.63) is 52.5 Å². The van der Waals surface area contributed by atoms with Crippen LogP contribution in [0.1, 0.15) is 5.56 Å². The summed E-state index contributed by atoms with van der Waals surface area (Å²) in [5, 5.41) is 3.08. The number of halogens is 1. The molecule has 4 nitrogen and oxygen atoms in total. The highest BCUT2D eigenvalue weighted by Crippen LogP contribution is 2.31. The van der Waals surface area contributed by atoms with E-state index in [2.05, 4.69) is 21.2 Å². The minimum absolute atomic E-state index is 0.276. The summed E-state index contributed by atoms with van der Waals surface area (Å²) in [6, 6.07) is 12.2. The van der Waals surface area contributed by atoms with Crippen molar-refractivity contribution in [1.29, 1.82) is 0 Å². The highest BCUT2D eigenvalue weighted by molar-refractivity contribution is 9.10. The van der Waals surface area contributed by atoms with Gasteiger partial charge < -0.3 is 10.1 Å². The normalized spacial score (nSPS) is 11.4. The van der Waals surface area contributed by atoms with Crippen molar-refractivity contribution in [2.75, 3.05) is 13.3 Å². The second-order valence-corrected chi connectivity index (χ2v) is 7.51. The van der Waals surface area contributed by atoms with Gasteiger partial charge in [0.05, 0.1) is 9.37 Å². The average Bonchev–Trinajstić information content (AvgIpc) is 2.42. The van der Waals surface area contributed by atoms with E-state index < -0.39 is 9.84 Å². The van der Waals surface area contributed by atoms with Crippen LogP contribution in [0.4, 0.5) is 0 Å². The van der Waals surface area contributed by atoms with Crippen molar-refractivity contribution in [3.8, 4) is 11.5 Å². The molecule has 0 fully saturated rings. The van der Waals surface area contributed by atoms with E-state index in [1.54, 1.807) is 12.1 Å². The van der Waals surface area contributed by atoms with Crippen LogP contribution in [0.5, 0.6) is 11.5 Å². The molecular weight excluding hydrogens is 354 g/mol. The van der Waals surface area contributed by atoms with E-state index in [0.717, 1.165) is 16.6 Å². The number of sulfone groups is 1. The van der Waals surface area contributed by atoms with Crippen molar-refractivity contribution in [3.63, 3.8) is 0 Å². The fourth-order valence-electron chi connectivity index (χ4n) is 1.82. The lowest BCUT2D eigenvalue weighted by molar-refractivity contribution is 0.479. The smallest absolute Gasteiger partial charge is 0.175 e. The number of benzene rings is 2. The number of hydrogen-bond acceptors (Lipinski definition) is 4. The van der Waals surface area contributed by atoms with Gasteiger partial charge in [-0.1, -0.05) is 6.07 Å². The largest absolute Gasteiger partial charge is 0.456 e. The maximum atomic E-state index is 11.4. The molecule has 0 heterocycles. The first-order valence-corrected chi connectivity index (χ1v) is 8.99. The van der Waals surface area contributed by atoms with Crippen LogP contribution in [0.25, 0.3) is 0 Å². The van der Waals surface area contributed by atoms with Crippen LogP contribution in [0.15, 0.2) is 51.8 Å². The van der Waals surface area contributed by atoms with Crippen LogP contribution in [-0.2, 0) is 16.4 Å². The van der Waals surface area contributed by atoms with E-state index in [9.17, 15) is 8.42 Å². The monoisotopic (exact) mass is 369 g/mol. The van der Waals surface area contributed by atoms with Gasteiger partial charge >= 0.3 is 0 Å². The Balaban J connectivity index is 2.18. The lowest BCUT2D eigenvalue weighted by Gasteiger charge is -2.10. The number of hydrogen-bond donors (Lipinski definition) is 1. The first kappa shape index (κ1) is 16.0. The molecule has 0 unspecified atom stereocenters. The second-order valence-electron chi connectivity index (χ2n) is 4.64. The Kier molecular flexibility index (Phi) is 5.03. The summed E-state index contributed by atoms with van der Waals surface area (Å²) < 4.78 is 29.4. The van der Waals surface area contributed by atoms with Gasteiger partial charge in [0.2, 0.25) is 0 Å². The maximum Gasteiger partial charge on any atom is 0.175 e. The summed E-state index contributed by atoms with van der Waals surface area (Å²) in [4.78, 5) is 0.276. The van der Waals surface area contributed by atoms with Crippen molar-refractivity contribution in [2.24, 2.45) is 0 Å². The van der Waals surface area contributed by atoms with Gasteiger partial charge in [-0.15, -0.1) is 0 Å². The molecule has 0 spiro atoms. The molecular formula is C15H16BrNO3S. The highest BCUT2D eigenvalue weighted by atomic mass is 79.9. The molecule has 21 heavy (non-hydrogen) atoms. The van der Waals surface area contributed by atoms with Crippen LogP contribution in [0.3, 0.4) is 0 Å². The minimum atomic E-state index is -3.18. The number of rotatable bonds is 5. The van der Waals surface area contributed by atoms with Crippen LogP contribution in [-0.4, -0.2) is 21.7 Å². The quantitative estimate of drug-likeness (QED) is 0.877. The molecule has 0 saturated carbocycles. The molecule has 0 atom stereocenters. The SMILES string of the molecule is CNCc1ccc(Oc2ccc(S(C)(=O)=O)cc2)c(Br)c1. The first-order chi connectivity index (χ1) is 9.90. The second kappa shape index (κ2) is 6.60. The molecule has 2 rings (SSSR count). The Morgan fingerprint density at radius 3 is 2.33 bits per heavy atom. The fraction of sp³-hybridized carbons (Fsp3) is 0.200. The average molecular weight is 370 g/mol. The molecule has 0 aromatic heterocycles. The first-order valence-electron chi connectivity index (χ1n) is 6.31. The van der Waals surface area contributed by atoms with Crippen molar-refractivity contribution >= 4 is 25.8 Å². The summed E-state index contributed by atoms with van der Waals surface area (Å²) in [6.45, 7) is 0.780. The summed E-state index contributed by atoms with van der Waals surface area (Å²) in [5.41, 5.74) is 1.14. The highest BCUT2D eigenvalue weighted by Gasteiger charge is 2.08. The predicted octanol–water partition coefficient (Wildman–Crippen LogP) is 3.36. The molecule has 0 radical (unpaired) electrons. The Hall–Kier alpha value is -1.37. The van der Waals surface area contributed by atoms with Gasteiger partial charge in [0.15, 0.2) is 9.84 Å². The third-order valence-electron chi connectivity index (χ3n) is 2.86. The van der Waals surface area contributed by atoms with E-state index in [1.807, 2.05) is 25.2 Å². The molecule has 0 aliphatic carbocycles. The van der Waals surface area contributed by atoms with E-state index in [1.165, 1.54) is 18.4 Å². The summed E-state index contributed by atoms with van der Waals surface area (Å²) in [5.74, 6) is 1.27. The number of ether oxygens (including phenoxy) is 1. The summed E-state index contributed by atoms with van der Waals surface area (Å²) in [6.07, 6.45) is 1.18. The zero-order chi connectivity index (χ0) is 15.5. The minimum Gasteiger partial charge on any atom is -0.456 e. The summed E-state index contributed by atoms with van der Waals surface area (Å²) >= 11 is 3.47. The zero-order valence-corrected chi connectivity index (χ0v) is 14.2. The maximum absolute atomic E-state index is 11.4. The molecule has 0 aliphatic heterocycles. The topological polar surface area (TPSA) is 55.4 Å². The molecule has 2 aromatic carbocycles. The van der Waals surface area contributed by atoms with Gasteiger partial charge in [-0.2, -0.15) is 0 Å². The predicted molar refractivity (Wildman–Crippen MR) is 86.5 cm³/mol. The Labute approximate surface area is 133 Å². The Bertz CT molecular complexity index is 727. The molecule has 0 saturated heterocycles. The molecule has 0 bridgehead atoms. The Morgan fingerprint density at radius 2 is 1.81 bits per heavy atom. The molecule has 6 heteroatoms. The van der Waals surface area contributed by atoms with Crippen LogP contribution in [0.2, 0.25) is 0 Å². The molecule has 112 valence electrons. The standard InChI is InChI=1S/C15H16BrNO3S/c1-17-10-11-3-8-15(14(16)9-11)20-12-4-6-13(7-5-12)21(2,18)19/h3-9,17H,10H2,1-2H3. The van der Waals surface area contributed by atoms with Crippen LogP contribution in [0, 0.1) is 0 Å². The number of nitrogens with one attached hydrogen (secondary N) is 1. The van der Waals surface area contributed by atoms with Gasteiger partial charge in [-0.05, 0) is 64.9 Å². The van der Waals surface area contributed by atoms with Gasteiger partial charge in [0.1, 0.15) is 11.5 Å². The molecule has 0 aliphatic rings. The van der Waals surface area contributed by atoms with Crippen LogP contribution >= 0.6 is 15.9 Å². The van der Waals surface area contributed by atoms with Gasteiger partial charge in [0.25, 0.3) is 0 Å². The van der Waals surface area contributed by atoms with E-state index in [-0.39, 0.29) is 4.90 Å². The molecule has 2 aromatic rings. The van der Waals surface area contributed by atoms with E-state index >= 15 is 0 Å². The van der Waals surface area contributed by atoms with E-state index in [4.69, 9.17) is 4.74 Å². The third-order valence-corrected chi connectivity index (χ3v) is 4.61. The lowest BCUT2D eigenvalue weighted by Crippen LogP contribution is -2.04. The Morgan fingerprint density at radius 1 is 1.14 bits per heavy atom. The van der Waals surface area contributed by atoms with E-state index in [0.29, 0.717) is 11.5 Å². The van der Waals surface area contributed by atoms with Gasteiger partial charge in [0, 0.05) is 12.8 Å². The van der Waals surface area contributed by atoms with Gasteiger partial charge in [-0.3, -0.25) is 0 Å². The summed E-state index contributed by atoms with van der Waals surface area (Å²) in [7, 11) is -1.29.